The molecule has 0 fully saturated rings. The van der Waals surface area contributed by atoms with Crippen LogP contribution in [0.4, 0.5) is 0 Å². The van der Waals surface area contributed by atoms with E-state index in [1.165, 1.54) is 13.3 Å². The zero-order valence-electron chi connectivity index (χ0n) is 10.3. The van der Waals surface area contributed by atoms with E-state index < -0.39 is 4.83 Å². The van der Waals surface area contributed by atoms with Gasteiger partial charge in [-0.25, -0.2) is 9.97 Å². The minimum absolute atomic E-state index is 0.0903. The predicted octanol–water partition coefficient (Wildman–Crippen LogP) is 4.11. The van der Waals surface area contributed by atoms with Crippen molar-refractivity contribution in [2.24, 2.45) is 0 Å². The molecule has 0 aliphatic rings. The number of Topliss-reactive ketones (excluding diaryl/α,β-unsaturated/α-hetero) is 1. The summed E-state index contributed by atoms with van der Waals surface area (Å²) in [4.78, 5) is 19.5. The number of ketones is 1. The Labute approximate surface area is 134 Å². The van der Waals surface area contributed by atoms with Gasteiger partial charge in [0.1, 0.15) is 10.6 Å². The Morgan fingerprint density at radius 1 is 1.35 bits per heavy atom. The van der Waals surface area contributed by atoms with Gasteiger partial charge in [0, 0.05) is 11.8 Å². The SMILES string of the molecule is COc1ccc(C(=O)C(Br)c2ccnc(Cl)n2)cc1Cl. The average molecular weight is 376 g/mol. The number of hydrogen-bond donors (Lipinski definition) is 0. The van der Waals surface area contributed by atoms with Gasteiger partial charge in [0.25, 0.3) is 0 Å². The van der Waals surface area contributed by atoms with E-state index in [9.17, 15) is 4.79 Å². The molecule has 1 atom stereocenters. The van der Waals surface area contributed by atoms with Crippen LogP contribution in [0.15, 0.2) is 30.5 Å². The molecule has 1 aromatic carbocycles. The molecular weight excluding hydrogens is 367 g/mol. The van der Waals surface area contributed by atoms with Crippen LogP contribution in [-0.4, -0.2) is 22.9 Å². The number of benzene rings is 1. The number of alkyl halides is 1. The maximum atomic E-state index is 12.4. The normalized spacial score (nSPS) is 12.0. The van der Waals surface area contributed by atoms with Crippen molar-refractivity contribution in [3.63, 3.8) is 0 Å². The number of aromatic nitrogens is 2. The third kappa shape index (κ3) is 3.29. The maximum absolute atomic E-state index is 12.4. The molecule has 0 N–H and O–H groups in total. The molecule has 1 aromatic heterocycles. The number of hydrogen-bond acceptors (Lipinski definition) is 4. The molecule has 0 amide bonds. The summed E-state index contributed by atoms with van der Waals surface area (Å²) in [5, 5.41) is 0.464. The van der Waals surface area contributed by atoms with Crippen molar-refractivity contribution in [2.75, 3.05) is 7.11 Å². The summed E-state index contributed by atoms with van der Waals surface area (Å²) in [5.74, 6) is 0.337. The van der Waals surface area contributed by atoms with Crippen molar-refractivity contribution in [3.8, 4) is 5.75 Å². The number of rotatable bonds is 4. The largest absolute Gasteiger partial charge is 0.495 e. The van der Waals surface area contributed by atoms with Crippen LogP contribution < -0.4 is 4.74 Å². The molecule has 0 bridgehead atoms. The van der Waals surface area contributed by atoms with Gasteiger partial charge in [0.15, 0.2) is 5.78 Å². The Morgan fingerprint density at radius 2 is 2.10 bits per heavy atom. The lowest BCUT2D eigenvalue weighted by Crippen LogP contribution is -2.09. The molecule has 0 spiro atoms. The van der Waals surface area contributed by atoms with Gasteiger partial charge in [-0.05, 0) is 35.9 Å². The van der Waals surface area contributed by atoms with Gasteiger partial charge >= 0.3 is 0 Å². The minimum atomic E-state index is -0.618. The van der Waals surface area contributed by atoms with Crippen molar-refractivity contribution >= 4 is 44.9 Å². The van der Waals surface area contributed by atoms with E-state index in [2.05, 4.69) is 25.9 Å². The maximum Gasteiger partial charge on any atom is 0.222 e. The van der Waals surface area contributed by atoms with Gasteiger partial charge in [0.2, 0.25) is 5.28 Å². The standard InChI is InChI=1S/C13H9BrCl2N2O2/c1-20-10-3-2-7(6-8(10)15)12(19)11(14)9-4-5-17-13(16)18-9/h2-6,11H,1H3. The van der Waals surface area contributed by atoms with Crippen LogP contribution in [0, 0.1) is 0 Å². The van der Waals surface area contributed by atoms with Crippen LogP contribution in [0.3, 0.4) is 0 Å². The fourth-order valence-electron chi connectivity index (χ4n) is 1.59. The van der Waals surface area contributed by atoms with Gasteiger partial charge in [-0.2, -0.15) is 0 Å². The second-order valence-corrected chi connectivity index (χ2v) is 5.49. The summed E-state index contributed by atoms with van der Waals surface area (Å²) in [5.41, 5.74) is 0.939. The van der Waals surface area contributed by atoms with E-state index in [0.717, 1.165) is 0 Å². The molecule has 7 heteroatoms. The number of carbonyl (C=O) groups is 1. The van der Waals surface area contributed by atoms with Crippen molar-refractivity contribution in [2.45, 2.75) is 4.83 Å². The van der Waals surface area contributed by atoms with Crippen LogP contribution in [0.25, 0.3) is 0 Å². The summed E-state index contributed by atoms with van der Waals surface area (Å²) < 4.78 is 5.05. The second kappa shape index (κ2) is 6.52. The van der Waals surface area contributed by atoms with Crippen LogP contribution in [0.2, 0.25) is 10.3 Å². The Bertz CT molecular complexity index is 652. The van der Waals surface area contributed by atoms with Crippen molar-refractivity contribution in [1.82, 2.24) is 9.97 Å². The molecular formula is C13H9BrCl2N2O2. The van der Waals surface area contributed by atoms with Crippen molar-refractivity contribution in [1.29, 1.82) is 0 Å². The highest BCUT2D eigenvalue weighted by atomic mass is 79.9. The van der Waals surface area contributed by atoms with Crippen LogP contribution in [0.1, 0.15) is 20.9 Å². The Balaban J connectivity index is 2.29. The highest BCUT2D eigenvalue weighted by Gasteiger charge is 2.21. The first-order chi connectivity index (χ1) is 9.52. The number of ether oxygens (including phenoxy) is 1. The zero-order valence-corrected chi connectivity index (χ0v) is 13.4. The summed E-state index contributed by atoms with van der Waals surface area (Å²) >= 11 is 15.0. The highest BCUT2D eigenvalue weighted by molar-refractivity contribution is 9.09. The molecule has 20 heavy (non-hydrogen) atoms. The Hall–Kier alpha value is -1.17. The predicted molar refractivity (Wildman–Crippen MR) is 81.0 cm³/mol. The second-order valence-electron chi connectivity index (χ2n) is 3.83. The summed E-state index contributed by atoms with van der Waals surface area (Å²) in [7, 11) is 1.51. The molecule has 0 aliphatic heterocycles. The summed E-state index contributed by atoms with van der Waals surface area (Å²) in [6, 6.07) is 6.46. The third-order valence-corrected chi connectivity index (χ3v) is 3.94. The first-order valence-corrected chi connectivity index (χ1v) is 7.20. The molecule has 0 saturated heterocycles. The average Bonchev–Trinajstić information content (AvgIpc) is 2.45. The number of carbonyl (C=O) groups excluding carboxylic acids is 1. The van der Waals surface area contributed by atoms with E-state index in [1.54, 1.807) is 24.3 Å². The van der Waals surface area contributed by atoms with E-state index in [0.29, 0.717) is 22.0 Å². The topological polar surface area (TPSA) is 52.1 Å². The van der Waals surface area contributed by atoms with Crippen molar-refractivity contribution < 1.29 is 9.53 Å². The quantitative estimate of drug-likeness (QED) is 0.458. The molecule has 4 nitrogen and oxygen atoms in total. The molecule has 2 aromatic rings. The number of halogens is 3. The first-order valence-electron chi connectivity index (χ1n) is 5.53. The van der Waals surface area contributed by atoms with Gasteiger partial charge in [-0.3, -0.25) is 4.79 Å². The fourth-order valence-corrected chi connectivity index (χ4v) is 2.52. The molecule has 0 radical (unpaired) electrons. The summed E-state index contributed by atoms with van der Waals surface area (Å²) in [6.45, 7) is 0. The number of methoxy groups -OCH3 is 1. The Morgan fingerprint density at radius 3 is 2.70 bits per heavy atom. The highest BCUT2D eigenvalue weighted by Crippen LogP contribution is 2.30. The van der Waals surface area contributed by atoms with Gasteiger partial charge in [0.05, 0.1) is 17.8 Å². The lowest BCUT2D eigenvalue weighted by Gasteiger charge is -2.10. The van der Waals surface area contributed by atoms with Crippen LogP contribution in [0.5, 0.6) is 5.75 Å². The fraction of sp³-hybridized carbons (Fsp3) is 0.154. The molecule has 1 heterocycles. The molecule has 0 saturated carbocycles. The van der Waals surface area contributed by atoms with E-state index in [4.69, 9.17) is 27.9 Å². The van der Waals surface area contributed by atoms with Crippen LogP contribution >= 0.6 is 39.1 Å². The number of nitrogens with zero attached hydrogens (tertiary/aromatic N) is 2. The third-order valence-electron chi connectivity index (χ3n) is 2.57. The minimum Gasteiger partial charge on any atom is -0.495 e. The smallest absolute Gasteiger partial charge is 0.222 e. The molecule has 0 aliphatic carbocycles. The summed E-state index contributed by atoms with van der Waals surface area (Å²) in [6.07, 6.45) is 1.49. The Kier molecular flexibility index (Phi) is 4.96. The van der Waals surface area contributed by atoms with Gasteiger partial charge in [-0.15, -0.1) is 0 Å². The molecule has 2 rings (SSSR count). The first kappa shape index (κ1) is 15.2. The molecule has 104 valence electrons. The van der Waals surface area contributed by atoms with Gasteiger partial charge < -0.3 is 4.74 Å². The zero-order chi connectivity index (χ0) is 14.7. The van der Waals surface area contributed by atoms with Gasteiger partial charge in [-0.1, -0.05) is 27.5 Å². The van der Waals surface area contributed by atoms with E-state index >= 15 is 0 Å². The van der Waals surface area contributed by atoms with E-state index in [1.807, 2.05) is 0 Å². The lowest BCUT2D eigenvalue weighted by molar-refractivity contribution is 0.0990. The van der Waals surface area contributed by atoms with Crippen LogP contribution in [-0.2, 0) is 0 Å². The lowest BCUT2D eigenvalue weighted by atomic mass is 10.1. The monoisotopic (exact) mass is 374 g/mol. The molecule has 1 unspecified atom stereocenters. The van der Waals surface area contributed by atoms with Crippen molar-refractivity contribution in [3.05, 3.63) is 52.0 Å². The van der Waals surface area contributed by atoms with E-state index in [-0.39, 0.29) is 11.1 Å².